The molecule has 0 amide bonds. The molecule has 0 fully saturated rings. The second-order valence-electron chi connectivity index (χ2n) is 4.37. The zero-order chi connectivity index (χ0) is 14.9. The summed E-state index contributed by atoms with van der Waals surface area (Å²) in [4.78, 5) is 0. The van der Waals surface area contributed by atoms with Crippen LogP contribution in [0.25, 0.3) is 0 Å². The van der Waals surface area contributed by atoms with Gasteiger partial charge in [0.05, 0.1) is 26.7 Å². The summed E-state index contributed by atoms with van der Waals surface area (Å²) >= 11 is 0. The van der Waals surface area contributed by atoms with Gasteiger partial charge in [0.2, 0.25) is 0 Å². The van der Waals surface area contributed by atoms with Crippen molar-refractivity contribution in [1.29, 1.82) is 0 Å². The minimum Gasteiger partial charge on any atom is -0.716 e. The lowest BCUT2D eigenvalue weighted by molar-refractivity contribution is -0.904. The Morgan fingerprint density at radius 2 is 1.47 bits per heavy atom. The van der Waals surface area contributed by atoms with Crippen LogP contribution in [0.2, 0.25) is 0 Å². The fourth-order valence-corrected chi connectivity index (χ4v) is 1.61. The van der Waals surface area contributed by atoms with Crippen LogP contribution in [0.15, 0.2) is 30.3 Å². The first-order valence-electron chi connectivity index (χ1n) is 6.30. The van der Waals surface area contributed by atoms with Crippen LogP contribution in [0.3, 0.4) is 0 Å². The molecule has 0 saturated carbocycles. The molecule has 0 N–H and O–H groups in total. The lowest BCUT2D eigenvalue weighted by atomic mass is 10.3. The summed E-state index contributed by atoms with van der Waals surface area (Å²) in [5, 5.41) is 0. The third-order valence-corrected chi connectivity index (χ3v) is 3.63. The van der Waals surface area contributed by atoms with Crippen LogP contribution in [0.1, 0.15) is 20.8 Å². The predicted octanol–water partition coefficient (Wildman–Crippen LogP) is 2.02. The molecular weight excluding hydrogens is 266 g/mol. The van der Waals surface area contributed by atoms with E-state index in [0.717, 1.165) is 0 Å². The molecule has 0 spiro atoms. The monoisotopic (exact) mass is 289 g/mol. The molecule has 0 heterocycles. The highest BCUT2D eigenvalue weighted by Crippen LogP contribution is 2.09. The lowest BCUT2D eigenvalue weighted by Crippen LogP contribution is -2.42. The first-order valence-corrected chi connectivity index (χ1v) is 7.63. The SMILES string of the molecule is CC[N+](C)(CC)CC.O=S(=O)([O-])Oc1ccccc1. The summed E-state index contributed by atoms with van der Waals surface area (Å²) in [5.41, 5.74) is 0. The van der Waals surface area contributed by atoms with Crippen molar-refractivity contribution in [3.05, 3.63) is 30.3 Å². The highest BCUT2D eigenvalue weighted by molar-refractivity contribution is 7.81. The quantitative estimate of drug-likeness (QED) is 0.472. The Morgan fingerprint density at radius 1 is 1.05 bits per heavy atom. The standard InChI is InChI=1S/C7H18N.C6H6O4S/c1-5-8(4,6-2)7-3;7-11(8,9)10-6-4-2-1-3-5-6/h5-7H2,1-4H3;1-5H,(H,7,8,9)/q+1;/p-1. The number of para-hydroxylation sites is 1. The molecule has 6 heteroatoms. The van der Waals surface area contributed by atoms with E-state index in [0.29, 0.717) is 0 Å². The van der Waals surface area contributed by atoms with Crippen LogP contribution in [-0.2, 0) is 10.4 Å². The Hall–Kier alpha value is -1.11. The summed E-state index contributed by atoms with van der Waals surface area (Å²) in [6.07, 6.45) is 0. The van der Waals surface area contributed by atoms with E-state index in [4.69, 9.17) is 0 Å². The van der Waals surface area contributed by atoms with Crippen molar-refractivity contribution < 1.29 is 21.6 Å². The second-order valence-corrected chi connectivity index (χ2v) is 5.36. The van der Waals surface area contributed by atoms with E-state index in [2.05, 4.69) is 32.0 Å². The van der Waals surface area contributed by atoms with Gasteiger partial charge in [0.15, 0.2) is 0 Å². The highest BCUT2D eigenvalue weighted by Gasteiger charge is 2.10. The molecule has 5 nitrogen and oxygen atoms in total. The Balaban J connectivity index is 0.000000362. The Kier molecular flexibility index (Phi) is 7.66. The highest BCUT2D eigenvalue weighted by atomic mass is 32.3. The molecule has 110 valence electrons. The zero-order valence-corrected chi connectivity index (χ0v) is 12.8. The third kappa shape index (κ3) is 8.58. The molecule has 0 aromatic heterocycles. The van der Waals surface area contributed by atoms with Crippen LogP contribution in [-0.4, -0.2) is 44.1 Å². The number of hydrogen-bond acceptors (Lipinski definition) is 4. The predicted molar refractivity (Wildman–Crippen MR) is 74.6 cm³/mol. The van der Waals surface area contributed by atoms with Crippen LogP contribution in [0, 0.1) is 0 Å². The molecule has 0 atom stereocenters. The number of hydrogen-bond donors (Lipinski definition) is 0. The first-order chi connectivity index (χ1) is 8.76. The van der Waals surface area contributed by atoms with Crippen molar-refractivity contribution in [3.63, 3.8) is 0 Å². The zero-order valence-electron chi connectivity index (χ0n) is 12.0. The van der Waals surface area contributed by atoms with E-state index in [1.54, 1.807) is 18.2 Å². The van der Waals surface area contributed by atoms with Crippen molar-refractivity contribution in [1.82, 2.24) is 0 Å². The molecule has 1 aromatic carbocycles. The van der Waals surface area contributed by atoms with Crippen molar-refractivity contribution in [2.75, 3.05) is 26.7 Å². The summed E-state index contributed by atoms with van der Waals surface area (Å²) in [6, 6.07) is 7.59. The van der Waals surface area contributed by atoms with E-state index in [9.17, 15) is 13.0 Å². The van der Waals surface area contributed by atoms with E-state index < -0.39 is 10.4 Å². The summed E-state index contributed by atoms with van der Waals surface area (Å²) in [5.74, 6) is 0.0301. The molecule has 0 aliphatic rings. The molecule has 0 saturated heterocycles. The van der Waals surface area contributed by atoms with Crippen LogP contribution >= 0.6 is 0 Å². The molecule has 1 aromatic rings. The average molecular weight is 289 g/mol. The topological polar surface area (TPSA) is 66.4 Å². The van der Waals surface area contributed by atoms with Gasteiger partial charge in [0, 0.05) is 0 Å². The summed E-state index contributed by atoms with van der Waals surface area (Å²) in [7, 11) is -2.34. The van der Waals surface area contributed by atoms with Gasteiger partial charge in [-0.3, -0.25) is 0 Å². The maximum absolute atomic E-state index is 10.0. The first kappa shape index (κ1) is 17.9. The molecule has 0 aliphatic carbocycles. The smallest absolute Gasteiger partial charge is 0.262 e. The molecule has 19 heavy (non-hydrogen) atoms. The molecule has 0 radical (unpaired) electrons. The van der Waals surface area contributed by atoms with E-state index in [-0.39, 0.29) is 5.75 Å². The maximum Gasteiger partial charge on any atom is 0.262 e. The van der Waals surface area contributed by atoms with Gasteiger partial charge >= 0.3 is 0 Å². The molecule has 0 unspecified atom stereocenters. The lowest BCUT2D eigenvalue weighted by Gasteiger charge is -2.30. The van der Waals surface area contributed by atoms with Crippen LogP contribution in [0.4, 0.5) is 0 Å². The van der Waals surface area contributed by atoms with E-state index in [1.807, 2.05) is 0 Å². The molecule has 1 rings (SSSR count). The molecule has 0 aliphatic heterocycles. The normalized spacial score (nSPS) is 11.4. The van der Waals surface area contributed by atoms with Crippen molar-refractivity contribution >= 4 is 10.4 Å². The number of quaternary nitrogens is 1. The fraction of sp³-hybridized carbons (Fsp3) is 0.538. The van der Waals surface area contributed by atoms with Gasteiger partial charge in [0.1, 0.15) is 5.75 Å². The van der Waals surface area contributed by atoms with Gasteiger partial charge in [-0.1, -0.05) is 18.2 Å². The minimum absolute atomic E-state index is 0.0301. The Labute approximate surface area is 116 Å². The van der Waals surface area contributed by atoms with Gasteiger partial charge in [0.25, 0.3) is 10.4 Å². The number of benzene rings is 1. The fourth-order valence-electron chi connectivity index (χ4n) is 1.26. The Bertz CT molecular complexity index is 433. The molecule has 0 bridgehead atoms. The van der Waals surface area contributed by atoms with Gasteiger partial charge < -0.3 is 13.2 Å². The van der Waals surface area contributed by atoms with Gasteiger partial charge in [-0.15, -0.1) is 0 Å². The number of nitrogens with zero attached hydrogens (tertiary/aromatic N) is 1. The summed E-state index contributed by atoms with van der Waals surface area (Å²) in [6.45, 7) is 10.5. The Morgan fingerprint density at radius 3 is 1.74 bits per heavy atom. The van der Waals surface area contributed by atoms with Crippen LogP contribution < -0.4 is 4.18 Å². The largest absolute Gasteiger partial charge is 0.716 e. The average Bonchev–Trinajstić information content (AvgIpc) is 2.38. The molecular formula is C13H23NO4S. The van der Waals surface area contributed by atoms with Crippen molar-refractivity contribution in [2.45, 2.75) is 20.8 Å². The van der Waals surface area contributed by atoms with Gasteiger partial charge in [-0.05, 0) is 32.9 Å². The maximum atomic E-state index is 10.0. The minimum atomic E-state index is -4.63. The van der Waals surface area contributed by atoms with Gasteiger partial charge in [-0.25, -0.2) is 8.42 Å². The van der Waals surface area contributed by atoms with Crippen molar-refractivity contribution in [3.8, 4) is 5.75 Å². The van der Waals surface area contributed by atoms with Crippen molar-refractivity contribution in [2.24, 2.45) is 0 Å². The van der Waals surface area contributed by atoms with Gasteiger partial charge in [-0.2, -0.15) is 0 Å². The third-order valence-electron chi connectivity index (χ3n) is 3.23. The van der Waals surface area contributed by atoms with E-state index >= 15 is 0 Å². The summed E-state index contributed by atoms with van der Waals surface area (Å²) < 4.78 is 35.3. The second kappa shape index (κ2) is 8.14. The van der Waals surface area contributed by atoms with E-state index in [1.165, 1.54) is 36.3 Å². The number of rotatable bonds is 5. The van der Waals surface area contributed by atoms with Crippen LogP contribution in [0.5, 0.6) is 5.75 Å².